The van der Waals surface area contributed by atoms with E-state index < -0.39 is 12.2 Å². The normalized spacial score (nSPS) is 11.6. The number of hydrogen-bond acceptors (Lipinski definition) is 5. The molecule has 0 unspecified atom stereocenters. The molecule has 0 radical (unpaired) electrons. The van der Waals surface area contributed by atoms with Crippen molar-refractivity contribution >= 4 is 5.65 Å². The average molecular weight is 302 g/mol. The summed E-state index contributed by atoms with van der Waals surface area (Å²) in [7, 11) is 0. The molecule has 0 fully saturated rings. The van der Waals surface area contributed by atoms with Gasteiger partial charge in [-0.25, -0.2) is 23.7 Å². The van der Waals surface area contributed by atoms with Crippen LogP contribution in [-0.2, 0) is 0 Å². The van der Waals surface area contributed by atoms with E-state index in [9.17, 15) is 8.78 Å². The number of alkyl halides is 2. The van der Waals surface area contributed by atoms with E-state index in [1.807, 2.05) is 0 Å². The Kier molecular flexibility index (Phi) is 2.68. The van der Waals surface area contributed by atoms with Crippen LogP contribution in [0, 0.1) is 0 Å². The van der Waals surface area contributed by atoms with E-state index in [1.165, 1.54) is 6.33 Å². The molecule has 0 aliphatic heterocycles. The first-order chi connectivity index (χ1) is 10.7. The van der Waals surface area contributed by atoms with E-state index in [0.29, 0.717) is 22.7 Å². The Morgan fingerprint density at radius 3 is 2.77 bits per heavy atom. The smallest absolute Gasteiger partial charge is 0.296 e. The summed E-state index contributed by atoms with van der Waals surface area (Å²) in [6, 6.07) is 0. The Morgan fingerprint density at radius 2 is 2.05 bits per heavy atom. The number of rotatable bonds is 3. The van der Waals surface area contributed by atoms with Crippen molar-refractivity contribution in [3.05, 3.63) is 36.9 Å². The lowest BCUT2D eigenvalue weighted by molar-refractivity contribution is 0.141. The van der Waals surface area contributed by atoms with E-state index >= 15 is 0 Å². The van der Waals surface area contributed by atoms with E-state index in [4.69, 9.17) is 0 Å². The van der Waals surface area contributed by atoms with Crippen molar-refractivity contribution in [1.82, 2.24) is 39.5 Å². The molecular formula is C12H8F2N8. The molecule has 0 aromatic carbocycles. The van der Waals surface area contributed by atoms with Gasteiger partial charge < -0.3 is 4.98 Å². The molecule has 0 spiro atoms. The van der Waals surface area contributed by atoms with Gasteiger partial charge in [0.25, 0.3) is 6.43 Å². The largest absolute Gasteiger partial charge is 0.343 e. The monoisotopic (exact) mass is 302 g/mol. The van der Waals surface area contributed by atoms with Gasteiger partial charge in [0.1, 0.15) is 11.4 Å². The minimum atomic E-state index is -2.73. The molecular weight excluding hydrogens is 294 g/mol. The third-order valence-electron chi connectivity index (χ3n) is 3.10. The highest BCUT2D eigenvalue weighted by Gasteiger charge is 2.22. The van der Waals surface area contributed by atoms with Crippen molar-refractivity contribution < 1.29 is 8.78 Å². The molecule has 4 aromatic heterocycles. The van der Waals surface area contributed by atoms with E-state index in [2.05, 4.69) is 35.1 Å². The molecule has 10 heteroatoms. The SMILES string of the molecule is FC(F)c1nc(-c2nc3cnccn3c2-c2cnc[nH]2)n[nH]1. The molecule has 0 bridgehead atoms. The molecule has 0 saturated carbocycles. The van der Waals surface area contributed by atoms with Crippen molar-refractivity contribution in [3.63, 3.8) is 0 Å². The zero-order valence-electron chi connectivity index (χ0n) is 10.9. The number of aromatic nitrogens is 8. The fraction of sp³-hybridized carbons (Fsp3) is 0.0833. The summed E-state index contributed by atoms with van der Waals surface area (Å²) in [6.45, 7) is 0. The number of aromatic amines is 2. The van der Waals surface area contributed by atoms with Crippen molar-refractivity contribution in [1.29, 1.82) is 0 Å². The van der Waals surface area contributed by atoms with Gasteiger partial charge in [-0.2, -0.15) is 5.10 Å². The van der Waals surface area contributed by atoms with Crippen LogP contribution in [0.3, 0.4) is 0 Å². The first-order valence-electron chi connectivity index (χ1n) is 6.25. The molecule has 4 aromatic rings. The number of nitrogens with one attached hydrogen (secondary N) is 2. The van der Waals surface area contributed by atoms with E-state index in [1.54, 1.807) is 29.2 Å². The van der Waals surface area contributed by atoms with E-state index in [-0.39, 0.29) is 5.82 Å². The molecule has 8 nitrogen and oxygen atoms in total. The van der Waals surface area contributed by atoms with Crippen LogP contribution in [0.5, 0.6) is 0 Å². The summed E-state index contributed by atoms with van der Waals surface area (Å²) in [6.07, 6.45) is 5.26. The Hall–Kier alpha value is -3.17. The summed E-state index contributed by atoms with van der Waals surface area (Å²) >= 11 is 0. The topological polar surface area (TPSA) is 100 Å². The van der Waals surface area contributed by atoms with Gasteiger partial charge in [0.05, 0.1) is 24.4 Å². The predicted octanol–water partition coefficient (Wildman–Crippen LogP) is 1.84. The number of imidazole rings is 2. The van der Waals surface area contributed by atoms with Gasteiger partial charge >= 0.3 is 0 Å². The summed E-state index contributed by atoms with van der Waals surface area (Å²) < 4.78 is 27.1. The molecule has 22 heavy (non-hydrogen) atoms. The number of nitrogens with zero attached hydrogens (tertiary/aromatic N) is 6. The fourth-order valence-corrected chi connectivity index (χ4v) is 2.18. The maximum atomic E-state index is 12.7. The van der Waals surface area contributed by atoms with E-state index in [0.717, 1.165) is 0 Å². The minimum absolute atomic E-state index is 0.0867. The van der Waals surface area contributed by atoms with Crippen LogP contribution in [-0.4, -0.2) is 39.5 Å². The highest BCUT2D eigenvalue weighted by molar-refractivity contribution is 5.76. The zero-order chi connectivity index (χ0) is 15.1. The fourth-order valence-electron chi connectivity index (χ4n) is 2.18. The van der Waals surface area contributed by atoms with Crippen molar-refractivity contribution in [2.45, 2.75) is 6.43 Å². The van der Waals surface area contributed by atoms with Gasteiger partial charge in [0.15, 0.2) is 11.5 Å². The second kappa shape index (κ2) is 4.69. The summed E-state index contributed by atoms with van der Waals surface area (Å²) in [5.41, 5.74) is 2.19. The summed E-state index contributed by atoms with van der Waals surface area (Å²) in [4.78, 5) is 19.1. The lowest BCUT2D eigenvalue weighted by Gasteiger charge is -1.99. The third kappa shape index (κ3) is 1.84. The van der Waals surface area contributed by atoms with Crippen LogP contribution in [0.15, 0.2) is 31.1 Å². The number of fused-ring (bicyclic) bond motifs is 1. The van der Waals surface area contributed by atoms with Crippen LogP contribution in [0.2, 0.25) is 0 Å². The van der Waals surface area contributed by atoms with Crippen molar-refractivity contribution in [2.75, 3.05) is 0 Å². The minimum Gasteiger partial charge on any atom is -0.343 e. The van der Waals surface area contributed by atoms with Crippen molar-refractivity contribution in [3.8, 4) is 22.9 Å². The van der Waals surface area contributed by atoms with Gasteiger partial charge in [-0.1, -0.05) is 0 Å². The van der Waals surface area contributed by atoms with Gasteiger partial charge in [-0.3, -0.25) is 14.5 Å². The maximum absolute atomic E-state index is 12.7. The van der Waals surface area contributed by atoms with Gasteiger partial charge in [-0.15, -0.1) is 0 Å². The van der Waals surface area contributed by atoms with Gasteiger partial charge in [0, 0.05) is 12.4 Å². The maximum Gasteiger partial charge on any atom is 0.296 e. The number of halogens is 2. The molecule has 4 heterocycles. The predicted molar refractivity (Wildman–Crippen MR) is 70.9 cm³/mol. The standard InChI is InChI=1S/C12H8F2N8/c13-10(14)12-19-11(20-21-12)8-9(6-3-16-5-17-6)22-2-1-15-4-7(22)18-8/h1-5,10H,(H,16,17)(H,19,20,21). The van der Waals surface area contributed by atoms with Gasteiger partial charge in [-0.05, 0) is 0 Å². The third-order valence-corrected chi connectivity index (χ3v) is 3.10. The number of H-pyrrole nitrogens is 2. The van der Waals surface area contributed by atoms with Crippen LogP contribution in [0.25, 0.3) is 28.6 Å². The molecule has 0 amide bonds. The van der Waals surface area contributed by atoms with Crippen LogP contribution in [0.4, 0.5) is 8.78 Å². The summed E-state index contributed by atoms with van der Waals surface area (Å²) in [5, 5.41) is 6.05. The highest BCUT2D eigenvalue weighted by atomic mass is 19.3. The molecule has 4 rings (SSSR count). The quantitative estimate of drug-likeness (QED) is 0.601. The second-order valence-electron chi connectivity index (χ2n) is 4.42. The molecule has 110 valence electrons. The molecule has 0 aliphatic rings. The lowest BCUT2D eigenvalue weighted by atomic mass is 10.2. The molecule has 0 saturated heterocycles. The Morgan fingerprint density at radius 1 is 1.14 bits per heavy atom. The Bertz CT molecular complexity index is 924. The Balaban J connectivity index is 1.98. The highest BCUT2D eigenvalue weighted by Crippen LogP contribution is 2.29. The van der Waals surface area contributed by atoms with Crippen LogP contribution < -0.4 is 0 Å². The Labute approximate surface area is 121 Å². The van der Waals surface area contributed by atoms with Crippen LogP contribution in [0.1, 0.15) is 12.2 Å². The molecule has 0 atom stereocenters. The van der Waals surface area contributed by atoms with Crippen molar-refractivity contribution in [2.24, 2.45) is 0 Å². The first kappa shape index (κ1) is 12.6. The zero-order valence-corrected chi connectivity index (χ0v) is 10.9. The second-order valence-corrected chi connectivity index (χ2v) is 4.42. The lowest BCUT2D eigenvalue weighted by Crippen LogP contribution is -1.91. The first-order valence-corrected chi connectivity index (χ1v) is 6.25. The average Bonchev–Trinajstić information content (AvgIpc) is 3.24. The number of hydrogen-bond donors (Lipinski definition) is 2. The van der Waals surface area contributed by atoms with Gasteiger partial charge in [0.2, 0.25) is 5.82 Å². The van der Waals surface area contributed by atoms with Crippen LogP contribution >= 0.6 is 0 Å². The molecule has 2 N–H and O–H groups in total. The summed E-state index contributed by atoms with van der Waals surface area (Å²) in [5.74, 6) is -0.413. The molecule has 0 aliphatic carbocycles.